The molecule has 0 radical (unpaired) electrons. The van der Waals surface area contributed by atoms with Crippen LogP contribution in [0.2, 0.25) is 0 Å². The zero-order chi connectivity index (χ0) is 17.0. The Morgan fingerprint density at radius 2 is 1.87 bits per heavy atom. The number of hydrogen-bond acceptors (Lipinski definition) is 2. The van der Waals surface area contributed by atoms with Crippen molar-refractivity contribution in [3.8, 4) is 0 Å². The van der Waals surface area contributed by atoms with Crippen LogP contribution in [0.3, 0.4) is 0 Å². The van der Waals surface area contributed by atoms with E-state index in [9.17, 15) is 9.59 Å². The van der Waals surface area contributed by atoms with Crippen molar-refractivity contribution in [1.82, 2.24) is 19.7 Å². The number of benzene rings is 1. The van der Waals surface area contributed by atoms with Crippen molar-refractivity contribution in [2.24, 2.45) is 0 Å². The number of aromatic nitrogens is 1. The van der Waals surface area contributed by atoms with Gasteiger partial charge in [0.25, 0.3) is 0 Å². The van der Waals surface area contributed by atoms with Gasteiger partial charge in [0.15, 0.2) is 0 Å². The lowest BCUT2D eigenvalue weighted by Crippen LogP contribution is -2.49. The molecule has 0 saturated heterocycles. The molecule has 1 atom stereocenters. The molecule has 1 unspecified atom stereocenters. The minimum absolute atomic E-state index is 0.122. The lowest BCUT2D eigenvalue weighted by atomic mass is 10.2. The predicted molar refractivity (Wildman–Crippen MR) is 91.3 cm³/mol. The largest absolute Gasteiger partial charge is 0.347 e. The summed E-state index contributed by atoms with van der Waals surface area (Å²) in [6.07, 6.45) is 2.02. The first-order chi connectivity index (χ1) is 10.9. The Morgan fingerprint density at radius 1 is 1.17 bits per heavy atom. The van der Waals surface area contributed by atoms with Gasteiger partial charge in [-0.25, -0.2) is 4.79 Å². The van der Waals surface area contributed by atoms with E-state index in [0.717, 1.165) is 5.52 Å². The fourth-order valence-corrected chi connectivity index (χ4v) is 2.44. The van der Waals surface area contributed by atoms with Crippen molar-refractivity contribution in [1.29, 1.82) is 0 Å². The third-order valence-electron chi connectivity index (χ3n) is 3.85. The van der Waals surface area contributed by atoms with Crippen molar-refractivity contribution in [3.05, 3.63) is 36.5 Å². The molecule has 1 aromatic heterocycles. The number of para-hydroxylation sites is 1. The molecular formula is C17H24N4O2. The highest BCUT2D eigenvalue weighted by molar-refractivity contribution is 5.86. The SMILES string of the molecule is CC(NC(=O)N(C)CCn1ccc2ccccc21)C(=O)N(C)C. The number of carbonyl (C=O) groups excluding carboxylic acids is 2. The number of likely N-dealkylation sites (N-methyl/N-ethyl adjacent to an activating group) is 2. The van der Waals surface area contributed by atoms with Crippen LogP contribution in [0, 0.1) is 0 Å². The van der Waals surface area contributed by atoms with Crippen LogP contribution in [-0.4, -0.2) is 60.0 Å². The van der Waals surface area contributed by atoms with Crippen molar-refractivity contribution >= 4 is 22.8 Å². The average molecular weight is 316 g/mol. The average Bonchev–Trinajstić information content (AvgIpc) is 2.94. The van der Waals surface area contributed by atoms with Gasteiger partial charge in [-0.1, -0.05) is 18.2 Å². The maximum Gasteiger partial charge on any atom is 0.317 e. The second-order valence-electron chi connectivity index (χ2n) is 5.89. The molecule has 0 fully saturated rings. The fourth-order valence-electron chi connectivity index (χ4n) is 2.44. The first-order valence-corrected chi connectivity index (χ1v) is 7.67. The monoisotopic (exact) mass is 316 g/mol. The minimum atomic E-state index is -0.535. The fraction of sp³-hybridized carbons (Fsp3) is 0.412. The number of amides is 3. The summed E-state index contributed by atoms with van der Waals surface area (Å²) in [7, 11) is 5.07. The van der Waals surface area contributed by atoms with E-state index in [1.165, 1.54) is 10.3 Å². The Balaban J connectivity index is 1.90. The van der Waals surface area contributed by atoms with E-state index in [1.807, 2.05) is 18.3 Å². The zero-order valence-corrected chi connectivity index (χ0v) is 14.1. The molecule has 0 saturated carbocycles. The first kappa shape index (κ1) is 16.9. The molecule has 1 N–H and O–H groups in total. The van der Waals surface area contributed by atoms with E-state index < -0.39 is 6.04 Å². The van der Waals surface area contributed by atoms with Gasteiger partial charge in [-0.15, -0.1) is 0 Å². The number of urea groups is 1. The van der Waals surface area contributed by atoms with E-state index in [1.54, 1.807) is 33.0 Å². The second-order valence-corrected chi connectivity index (χ2v) is 5.89. The maximum absolute atomic E-state index is 12.1. The van der Waals surface area contributed by atoms with E-state index in [2.05, 4.69) is 28.1 Å². The van der Waals surface area contributed by atoms with Crippen molar-refractivity contribution in [2.45, 2.75) is 19.5 Å². The van der Waals surface area contributed by atoms with Gasteiger partial charge in [0.2, 0.25) is 5.91 Å². The van der Waals surface area contributed by atoms with Crippen molar-refractivity contribution in [3.63, 3.8) is 0 Å². The Bertz CT molecular complexity index is 693. The van der Waals surface area contributed by atoms with Gasteiger partial charge >= 0.3 is 6.03 Å². The Labute approximate surface area is 136 Å². The van der Waals surface area contributed by atoms with Gasteiger partial charge < -0.3 is 19.7 Å². The molecule has 2 rings (SSSR count). The molecule has 0 aliphatic rings. The molecule has 0 aliphatic heterocycles. The molecule has 3 amide bonds. The topological polar surface area (TPSA) is 57.6 Å². The first-order valence-electron chi connectivity index (χ1n) is 7.67. The molecule has 0 spiro atoms. The predicted octanol–water partition coefficient (Wildman–Crippen LogP) is 1.76. The third kappa shape index (κ3) is 4.03. The highest BCUT2D eigenvalue weighted by Gasteiger charge is 2.19. The quantitative estimate of drug-likeness (QED) is 0.914. The molecule has 23 heavy (non-hydrogen) atoms. The third-order valence-corrected chi connectivity index (χ3v) is 3.85. The summed E-state index contributed by atoms with van der Waals surface area (Å²) in [5.74, 6) is -0.122. The van der Waals surface area contributed by atoms with Crippen LogP contribution < -0.4 is 5.32 Å². The molecule has 6 nitrogen and oxygen atoms in total. The van der Waals surface area contributed by atoms with Crippen LogP contribution in [0.25, 0.3) is 10.9 Å². The van der Waals surface area contributed by atoms with E-state index >= 15 is 0 Å². The molecule has 1 aromatic carbocycles. The van der Waals surface area contributed by atoms with Gasteiger partial charge in [-0.3, -0.25) is 4.79 Å². The molecule has 2 aromatic rings. The summed E-state index contributed by atoms with van der Waals surface area (Å²) >= 11 is 0. The van der Waals surface area contributed by atoms with Gasteiger partial charge in [-0.05, 0) is 24.4 Å². The van der Waals surface area contributed by atoms with Crippen molar-refractivity contribution < 1.29 is 9.59 Å². The highest BCUT2D eigenvalue weighted by atomic mass is 16.2. The van der Waals surface area contributed by atoms with E-state index in [-0.39, 0.29) is 11.9 Å². The minimum Gasteiger partial charge on any atom is -0.347 e. The number of nitrogens with zero attached hydrogens (tertiary/aromatic N) is 3. The molecule has 0 aliphatic carbocycles. The molecule has 0 bridgehead atoms. The maximum atomic E-state index is 12.1. The van der Waals surface area contributed by atoms with Gasteiger partial charge in [0, 0.05) is 45.9 Å². The summed E-state index contributed by atoms with van der Waals surface area (Å²) in [5.41, 5.74) is 1.15. The number of fused-ring (bicyclic) bond motifs is 1. The van der Waals surface area contributed by atoms with Crippen LogP contribution in [0.1, 0.15) is 6.92 Å². The normalized spacial score (nSPS) is 12.0. The van der Waals surface area contributed by atoms with E-state index in [4.69, 9.17) is 0 Å². The van der Waals surface area contributed by atoms with Crippen molar-refractivity contribution in [2.75, 3.05) is 27.7 Å². The number of hydrogen-bond donors (Lipinski definition) is 1. The summed E-state index contributed by atoms with van der Waals surface area (Å²) in [6, 6.07) is 9.42. The summed E-state index contributed by atoms with van der Waals surface area (Å²) in [6.45, 7) is 2.95. The highest BCUT2D eigenvalue weighted by Crippen LogP contribution is 2.14. The van der Waals surface area contributed by atoms with Crippen LogP contribution in [0.15, 0.2) is 36.5 Å². The number of rotatable bonds is 5. The Morgan fingerprint density at radius 3 is 2.57 bits per heavy atom. The number of nitrogens with one attached hydrogen (secondary N) is 1. The second kappa shape index (κ2) is 7.17. The van der Waals surface area contributed by atoms with Gasteiger partial charge in [0.05, 0.1) is 0 Å². The van der Waals surface area contributed by atoms with Crippen LogP contribution in [0.4, 0.5) is 4.79 Å². The lowest BCUT2D eigenvalue weighted by Gasteiger charge is -2.23. The lowest BCUT2D eigenvalue weighted by molar-refractivity contribution is -0.130. The van der Waals surface area contributed by atoms with Crippen LogP contribution >= 0.6 is 0 Å². The van der Waals surface area contributed by atoms with Gasteiger partial charge in [0.1, 0.15) is 6.04 Å². The van der Waals surface area contributed by atoms with Crippen LogP contribution in [-0.2, 0) is 11.3 Å². The molecule has 1 heterocycles. The number of carbonyl (C=O) groups is 2. The zero-order valence-electron chi connectivity index (χ0n) is 14.1. The molecule has 124 valence electrons. The Kier molecular flexibility index (Phi) is 5.26. The van der Waals surface area contributed by atoms with E-state index in [0.29, 0.717) is 13.1 Å². The Hall–Kier alpha value is -2.50. The summed E-state index contributed by atoms with van der Waals surface area (Å²) in [4.78, 5) is 27.0. The summed E-state index contributed by atoms with van der Waals surface area (Å²) < 4.78 is 2.12. The van der Waals surface area contributed by atoms with Crippen LogP contribution in [0.5, 0.6) is 0 Å². The van der Waals surface area contributed by atoms with Gasteiger partial charge in [-0.2, -0.15) is 0 Å². The summed E-state index contributed by atoms with van der Waals surface area (Å²) in [5, 5.41) is 3.90. The molecule has 6 heteroatoms. The molecular weight excluding hydrogens is 292 g/mol. The standard InChI is InChI=1S/C17H24N4O2/c1-13(16(22)19(2)3)18-17(23)20(4)11-12-21-10-9-14-7-5-6-8-15(14)21/h5-10,13H,11-12H2,1-4H3,(H,18,23). The smallest absolute Gasteiger partial charge is 0.317 e.